The molecule has 714 valence electrons. The molecule has 0 radical (unpaired) electrons. The second-order valence-corrected chi connectivity index (χ2v) is 38.0. The number of nitrogens with one attached hydrogen (secondary N) is 19. The normalized spacial score (nSPS) is 24.6. The van der Waals surface area contributed by atoms with Gasteiger partial charge in [0.05, 0.1) is 25.7 Å². The van der Waals surface area contributed by atoms with Crippen LogP contribution in [0.2, 0.25) is 0 Å². The fourth-order valence-corrected chi connectivity index (χ4v) is 16.1. The summed E-state index contributed by atoms with van der Waals surface area (Å²) in [4.78, 5) is 285. The number of hydrogen-bond acceptors (Lipinski definition) is 26. The summed E-state index contributed by atoms with van der Waals surface area (Å²) in [6, 6.07) is -19.5. The lowest BCUT2D eigenvalue weighted by molar-refractivity contribution is -0.141. The molecule has 0 aliphatic carbocycles. The molecule has 47 heteroatoms. The zero-order valence-corrected chi connectivity index (χ0v) is 78.0. The molecule has 43 nitrogen and oxygen atoms in total. The fourth-order valence-electron chi connectivity index (χ4n) is 13.0. The van der Waals surface area contributed by atoms with E-state index in [2.05, 4.69) is 113 Å². The summed E-state index contributed by atoms with van der Waals surface area (Å²) in [6.07, 6.45) is -0.169. The monoisotopic (exact) mass is 1880 g/mol. The van der Waals surface area contributed by atoms with Crippen LogP contribution in [0.25, 0.3) is 10.9 Å². The standard InChI is InChI=1S/C81H128N20O23S4/c1-17-39(11)61-76(118)89-49(23-24-58(105)106)70(112)93-54(69(111)85-30-57(104)95-63-43(15)128-34-55(80(122)123)94-66(108)41(13)86-65(107)40(12)87-74(116)59(37(7)8)96-71(113)50(25-35(3)4)90-78(63)120)33-127-44(16)64(79(121)91-51(26-36(5)6)72(114)99-62(42(14)125)77(119)98-61)100-81(124)101-75(117)60(38(9)10)97-73(115)52(27-45-28-83-48-22-20-19-21-46(45)48)88-56(103)29-84-68(110)53(31-102)92-67(109)47(82)32-126-18-2/h19-22,28,35-44,47,49-55,59-64,83,102,125H,17-18,23-27,29-34,82H2,1-16H3,(H,84,110)(H,85,111)(H,86,107)(H,87,116)(H,88,103)(H,89,118)(H,90,120)(H,91,121)(H,92,109)(H,93,112)(H,94,108)(H,95,104)(H,96,113)(H,97,115)(H,98,119)(H,99,114)(H,105,106)(H,122,123)(H2,100,101,117,124)/t39?,40-,41-,42-,43-,44-,47-,49-,50-,51-,52-,53-,54-,55-,59-,60-,61-,62+,63-,64+/m0/s1. The highest BCUT2D eigenvalue weighted by atomic mass is 32.2. The summed E-state index contributed by atoms with van der Waals surface area (Å²) >= 11 is 7.26. The maximum Gasteiger partial charge on any atom is 0.327 e. The zero-order valence-electron chi connectivity index (χ0n) is 74.7. The van der Waals surface area contributed by atoms with Crippen LogP contribution in [0, 0.1) is 29.6 Å². The number of hydrogen-bond donors (Lipinski definition) is 24. The van der Waals surface area contributed by atoms with E-state index in [9.17, 15) is 102 Å². The van der Waals surface area contributed by atoms with Gasteiger partial charge >= 0.3 is 18.0 Å². The van der Waals surface area contributed by atoms with Crippen LogP contribution in [0.4, 0.5) is 4.79 Å². The Hall–Kier alpha value is -10.5. The summed E-state index contributed by atoms with van der Waals surface area (Å²) in [5.41, 5.74) is 7.08. The maximum absolute atomic E-state index is 15.2. The van der Waals surface area contributed by atoms with Gasteiger partial charge in [0.1, 0.15) is 90.6 Å². The van der Waals surface area contributed by atoms with Crippen molar-refractivity contribution in [1.82, 2.24) is 101 Å². The van der Waals surface area contributed by atoms with Crippen molar-refractivity contribution in [3.8, 4) is 0 Å². The number of nitrogens with two attached hydrogens (primary N) is 1. The first-order valence-corrected chi connectivity index (χ1v) is 46.0. The van der Waals surface area contributed by atoms with E-state index < -0.39 is 299 Å². The minimum absolute atomic E-state index is 0.0734. The van der Waals surface area contributed by atoms with Crippen LogP contribution in [0.3, 0.4) is 0 Å². The highest BCUT2D eigenvalue weighted by Crippen LogP contribution is 2.24. The molecule has 24 N–H and O–H groups in total. The summed E-state index contributed by atoms with van der Waals surface area (Å²) in [7, 11) is 0. The maximum atomic E-state index is 15.2. The van der Waals surface area contributed by atoms with Crippen LogP contribution < -0.4 is 101 Å². The number of carbonyl (C=O) groups is 20. The third-order valence-electron chi connectivity index (χ3n) is 20.7. The minimum Gasteiger partial charge on any atom is -0.481 e. The number of fused-ring (bicyclic) bond motifs is 1. The number of aromatic amines is 1. The molecule has 0 saturated carbocycles. The SMILES string of the molecule is CCSC[C@H](N)C(=O)N[C@@H](CO)C(=O)NCC(=O)N[C@@H](Cc1c[nH]c2ccccc12)C(=O)N[C@H](C(=O)NC(=O)N[C@H]1C(=O)N[C@@H](CC(C)C)C(=O)N[C@H]([C@H](C)S)C(=O)N[C@@H](C(C)CC)C(=O)N[C@@H](CCC(=O)O)C(=O)N[C@H](C(=O)NCC(=O)N[C@@H]2C(=O)N[C@@H](CC(C)C)C(=O)N[C@@H](C(C)C)C(=O)N[C@@H](C)C(=O)N[C@@H](C)C(=O)N[C@H](C(=O)O)CS[C@H]2C)CS[C@H]1C)C(C)C. The number of imide groups is 1. The third kappa shape index (κ3) is 35.5. The van der Waals surface area contributed by atoms with Gasteiger partial charge in [-0.05, 0) is 80.1 Å². The Labute approximate surface area is 760 Å². The van der Waals surface area contributed by atoms with E-state index in [0.717, 1.165) is 11.8 Å². The number of carboxylic acids is 2. The van der Waals surface area contributed by atoms with Crippen LogP contribution in [-0.2, 0) is 97.5 Å². The van der Waals surface area contributed by atoms with Gasteiger partial charge in [0, 0.05) is 62.9 Å². The molecule has 3 heterocycles. The number of thioether (sulfide) groups is 3. The Balaban J connectivity index is 1.85. The van der Waals surface area contributed by atoms with E-state index in [-0.39, 0.29) is 37.4 Å². The Kier molecular flexibility index (Phi) is 45.9. The van der Waals surface area contributed by atoms with Crippen molar-refractivity contribution in [2.45, 2.75) is 262 Å². The average molecular weight is 1880 g/mol. The van der Waals surface area contributed by atoms with Gasteiger partial charge in [-0.2, -0.15) is 47.9 Å². The molecule has 0 bridgehead atoms. The van der Waals surface area contributed by atoms with Crippen LogP contribution in [0.1, 0.15) is 148 Å². The molecule has 128 heavy (non-hydrogen) atoms. The van der Waals surface area contributed by atoms with Gasteiger partial charge < -0.3 is 116 Å². The molecule has 2 fully saturated rings. The van der Waals surface area contributed by atoms with E-state index in [1.807, 2.05) is 6.92 Å². The number of H-pyrrole nitrogens is 1. The first kappa shape index (κ1) is 110. The molecule has 2 aliphatic heterocycles. The summed E-state index contributed by atoms with van der Waals surface area (Å²) < 4.78 is 0. The van der Waals surface area contributed by atoms with Gasteiger partial charge in [0.2, 0.25) is 94.5 Å². The molecule has 1 unspecified atom stereocenters. The average Bonchev–Trinajstić information content (AvgIpc) is 1.67. The number of carboxylic acid groups (broad SMARTS) is 2. The number of rotatable bonds is 33. The first-order valence-electron chi connectivity index (χ1n) is 42.3. The molecule has 1 aromatic heterocycles. The molecule has 20 atom stereocenters. The number of urea groups is 1. The summed E-state index contributed by atoms with van der Waals surface area (Å²) in [6.45, 7) is 22.0. The second-order valence-electron chi connectivity index (χ2n) is 33.0. The first-order chi connectivity index (χ1) is 60.0. The van der Waals surface area contributed by atoms with E-state index in [4.69, 9.17) is 5.73 Å². The fraction of sp³-hybridized carbons (Fsp3) is 0.654. The van der Waals surface area contributed by atoms with Gasteiger partial charge in [-0.3, -0.25) is 91.6 Å². The smallest absolute Gasteiger partial charge is 0.327 e. The van der Waals surface area contributed by atoms with Crippen molar-refractivity contribution in [3.63, 3.8) is 0 Å². The molecule has 2 aliphatic rings. The summed E-state index contributed by atoms with van der Waals surface area (Å²) in [5.74, 6) is -23.6. The molecule has 4 rings (SSSR count). The van der Waals surface area contributed by atoms with Crippen molar-refractivity contribution in [2.24, 2.45) is 35.3 Å². The molecule has 1 aromatic carbocycles. The van der Waals surface area contributed by atoms with Crippen molar-refractivity contribution in [2.75, 3.05) is 42.7 Å². The molecular weight excluding hydrogens is 1750 g/mol. The Morgan fingerprint density at radius 1 is 0.547 bits per heavy atom. The van der Waals surface area contributed by atoms with Gasteiger partial charge in [0.25, 0.3) is 5.91 Å². The number of aliphatic carboxylic acids is 2. The second kappa shape index (κ2) is 53.4. The van der Waals surface area contributed by atoms with E-state index in [1.54, 1.807) is 85.9 Å². The Morgan fingerprint density at radius 2 is 1.05 bits per heavy atom. The number of aliphatic hydroxyl groups excluding tert-OH is 1. The topological polar surface area (TPSA) is 660 Å². The number of carbonyl (C=O) groups excluding carboxylic acids is 18. The van der Waals surface area contributed by atoms with Gasteiger partial charge in [-0.25, -0.2) is 9.59 Å². The van der Waals surface area contributed by atoms with E-state index >= 15 is 9.59 Å². The molecule has 2 aromatic rings. The predicted octanol–water partition coefficient (Wildman–Crippen LogP) is -3.97. The number of aliphatic hydroxyl groups is 1. The van der Waals surface area contributed by atoms with Crippen molar-refractivity contribution in [3.05, 3.63) is 36.0 Å². The zero-order chi connectivity index (χ0) is 96.4. The third-order valence-corrected chi connectivity index (χ3v) is 24.7. The number of para-hydroxylation sites is 1. The van der Waals surface area contributed by atoms with E-state index in [0.29, 0.717) is 34.0 Å². The van der Waals surface area contributed by atoms with Crippen LogP contribution in [-0.4, -0.2) is 294 Å². The molecule has 0 spiro atoms. The van der Waals surface area contributed by atoms with Crippen molar-refractivity contribution in [1.29, 1.82) is 0 Å². The molecule has 2 saturated heterocycles. The number of amides is 19. The lowest BCUT2D eigenvalue weighted by Gasteiger charge is -2.30. The molecular formula is C81H128N20O23S4. The number of thiol groups is 1. The quantitative estimate of drug-likeness (QED) is 0.0303. The Bertz CT molecular complexity index is 4270. The molecule has 19 amide bonds. The number of aromatic nitrogens is 1. The van der Waals surface area contributed by atoms with Gasteiger partial charge in [0.15, 0.2) is 0 Å². The number of benzene rings is 1. The van der Waals surface area contributed by atoms with Crippen molar-refractivity contribution >= 4 is 177 Å². The van der Waals surface area contributed by atoms with Gasteiger partial charge in [-0.1, -0.05) is 122 Å². The minimum atomic E-state index is -1.93. The summed E-state index contributed by atoms with van der Waals surface area (Å²) in [5, 5.41) is 71.9. The lowest BCUT2D eigenvalue weighted by atomic mass is 9.96. The highest BCUT2D eigenvalue weighted by molar-refractivity contribution is 8.00. The van der Waals surface area contributed by atoms with Crippen LogP contribution >= 0.6 is 47.9 Å². The van der Waals surface area contributed by atoms with Gasteiger partial charge in [-0.15, -0.1) is 0 Å². The Morgan fingerprint density at radius 3 is 1.59 bits per heavy atom. The lowest BCUT2D eigenvalue weighted by Crippen LogP contribution is -2.62. The van der Waals surface area contributed by atoms with E-state index in [1.165, 1.54) is 60.2 Å². The van der Waals surface area contributed by atoms with Crippen LogP contribution in [0.15, 0.2) is 30.5 Å². The largest absolute Gasteiger partial charge is 0.481 e. The predicted molar refractivity (Wildman–Crippen MR) is 480 cm³/mol. The highest BCUT2D eigenvalue weighted by Gasteiger charge is 2.42. The van der Waals surface area contributed by atoms with Crippen molar-refractivity contribution < 1.29 is 111 Å². The van der Waals surface area contributed by atoms with Crippen LogP contribution in [0.5, 0.6) is 0 Å².